The Morgan fingerprint density at radius 3 is 2.78 bits per heavy atom. The third kappa shape index (κ3) is 4.35. The minimum atomic E-state index is -0.745. The molecule has 0 radical (unpaired) electrons. The van der Waals surface area contributed by atoms with Crippen LogP contribution in [0.3, 0.4) is 0 Å². The first-order chi connectivity index (χ1) is 13.1. The lowest BCUT2D eigenvalue weighted by Crippen LogP contribution is -2.36. The summed E-state index contributed by atoms with van der Waals surface area (Å²) < 4.78 is 53.0. The van der Waals surface area contributed by atoms with Gasteiger partial charge in [-0.1, -0.05) is 6.08 Å². The van der Waals surface area contributed by atoms with Crippen molar-refractivity contribution in [2.24, 2.45) is 10.9 Å². The van der Waals surface area contributed by atoms with Crippen molar-refractivity contribution in [3.05, 3.63) is 41.6 Å². The molecule has 7 heteroatoms. The van der Waals surface area contributed by atoms with Crippen molar-refractivity contribution >= 4 is 5.97 Å². The number of halogens is 3. The van der Waals surface area contributed by atoms with Crippen LogP contribution in [0.1, 0.15) is 37.2 Å². The van der Waals surface area contributed by atoms with Crippen LogP contribution >= 0.6 is 0 Å². The maximum Gasteiger partial charge on any atom is 0.195 e. The number of ether oxygens (including phenoxy) is 2. The Bertz CT molecular complexity index is 747. The average molecular weight is 380 g/mol. The van der Waals surface area contributed by atoms with Gasteiger partial charge in [0.15, 0.2) is 17.5 Å². The van der Waals surface area contributed by atoms with E-state index >= 15 is 0 Å². The molecular weight excluding hydrogens is 357 g/mol. The molecule has 2 fully saturated rings. The molecule has 3 atom stereocenters. The molecule has 1 saturated heterocycles. The van der Waals surface area contributed by atoms with E-state index in [0.29, 0.717) is 18.0 Å². The highest BCUT2D eigenvalue weighted by atomic mass is 19.1. The highest BCUT2D eigenvalue weighted by Crippen LogP contribution is 2.46. The first kappa shape index (κ1) is 18.5. The summed E-state index contributed by atoms with van der Waals surface area (Å²) in [6.07, 6.45) is 6.29. The van der Waals surface area contributed by atoms with Gasteiger partial charge in [0.1, 0.15) is 5.82 Å². The Balaban J connectivity index is 1.44. The van der Waals surface area contributed by atoms with Crippen molar-refractivity contribution in [1.82, 2.24) is 5.32 Å². The van der Waals surface area contributed by atoms with Gasteiger partial charge in [-0.15, -0.1) is 0 Å². The Kier molecular flexibility index (Phi) is 5.50. The number of benzene rings is 1. The molecule has 0 bridgehead atoms. The Morgan fingerprint density at radius 1 is 1.19 bits per heavy atom. The first-order valence-electron chi connectivity index (χ1n) is 9.45. The molecule has 0 spiro atoms. The van der Waals surface area contributed by atoms with Crippen LogP contribution in [0.5, 0.6) is 5.75 Å². The summed E-state index contributed by atoms with van der Waals surface area (Å²) in [4.78, 5) is 3.62. The zero-order valence-corrected chi connectivity index (χ0v) is 15.0. The lowest BCUT2D eigenvalue weighted by molar-refractivity contribution is 0.0774. The molecule has 146 valence electrons. The standard InChI is InChI=1S/C20H23F3N2O2/c21-13-8-16(15-10-18(15)25-14-3-6-26-7-4-14)19(17(22)9-13)27-11-12-2-1-5-24-20(12)23/h1,5,8-9,12,14-15,18,25H,2-4,6-7,10-11H2/t12?,15?,18-/m1/s1. The number of aliphatic imine (C=N–C) groups is 1. The molecule has 2 heterocycles. The van der Waals surface area contributed by atoms with E-state index in [9.17, 15) is 13.2 Å². The minimum absolute atomic E-state index is 0.00203. The summed E-state index contributed by atoms with van der Waals surface area (Å²) in [5.74, 6) is -2.40. The van der Waals surface area contributed by atoms with Crippen molar-refractivity contribution in [1.29, 1.82) is 0 Å². The van der Waals surface area contributed by atoms with Gasteiger partial charge in [0.25, 0.3) is 0 Å². The summed E-state index contributed by atoms with van der Waals surface area (Å²) in [6.45, 7) is 1.45. The zero-order chi connectivity index (χ0) is 18.8. The quantitative estimate of drug-likeness (QED) is 0.815. The second-order valence-corrected chi connectivity index (χ2v) is 7.39. The summed E-state index contributed by atoms with van der Waals surface area (Å²) in [5, 5.41) is 3.55. The average Bonchev–Trinajstić information content (AvgIpc) is 3.41. The molecule has 1 N–H and O–H groups in total. The smallest absolute Gasteiger partial charge is 0.195 e. The van der Waals surface area contributed by atoms with Crippen LogP contribution in [0.15, 0.2) is 29.4 Å². The fraction of sp³-hybridized carbons (Fsp3) is 0.550. The summed E-state index contributed by atoms with van der Waals surface area (Å²) >= 11 is 0. The zero-order valence-electron chi connectivity index (χ0n) is 15.0. The molecule has 2 aliphatic heterocycles. The lowest BCUT2D eigenvalue weighted by Gasteiger charge is -2.23. The van der Waals surface area contributed by atoms with E-state index in [1.54, 1.807) is 6.08 Å². The van der Waals surface area contributed by atoms with Gasteiger partial charge in [0.05, 0.1) is 12.5 Å². The minimum Gasteiger partial charge on any atom is -0.489 e. The second kappa shape index (κ2) is 8.02. The predicted molar refractivity (Wildman–Crippen MR) is 95.8 cm³/mol. The monoisotopic (exact) mass is 380 g/mol. The van der Waals surface area contributed by atoms with Gasteiger partial charge in [-0.2, -0.15) is 4.39 Å². The number of hydrogen-bond acceptors (Lipinski definition) is 4. The van der Waals surface area contributed by atoms with Gasteiger partial charge in [-0.25, -0.2) is 13.8 Å². The molecule has 27 heavy (non-hydrogen) atoms. The molecule has 1 aromatic rings. The first-order valence-corrected chi connectivity index (χ1v) is 9.45. The van der Waals surface area contributed by atoms with E-state index in [1.807, 2.05) is 0 Å². The van der Waals surface area contributed by atoms with Gasteiger partial charge in [0.2, 0.25) is 0 Å². The van der Waals surface area contributed by atoms with Crippen LogP contribution < -0.4 is 10.1 Å². The summed E-state index contributed by atoms with van der Waals surface area (Å²) in [7, 11) is 0. The molecule has 3 aliphatic rings. The number of nitrogens with one attached hydrogen (secondary N) is 1. The second-order valence-electron chi connectivity index (χ2n) is 7.39. The molecule has 0 amide bonds. The molecular formula is C20H23F3N2O2. The van der Waals surface area contributed by atoms with Crippen molar-refractivity contribution in [2.45, 2.75) is 43.7 Å². The topological polar surface area (TPSA) is 42.8 Å². The Morgan fingerprint density at radius 2 is 2.00 bits per heavy atom. The third-order valence-corrected chi connectivity index (χ3v) is 5.39. The predicted octanol–water partition coefficient (Wildman–Crippen LogP) is 3.87. The Labute approximate surface area is 156 Å². The van der Waals surface area contributed by atoms with Crippen molar-refractivity contribution in [3.63, 3.8) is 0 Å². The van der Waals surface area contributed by atoms with Crippen molar-refractivity contribution in [3.8, 4) is 5.75 Å². The van der Waals surface area contributed by atoms with Crippen LogP contribution in [0.25, 0.3) is 0 Å². The molecule has 0 aromatic heterocycles. The number of hydrogen-bond donors (Lipinski definition) is 1. The van der Waals surface area contributed by atoms with Crippen LogP contribution in [0, 0.1) is 17.6 Å². The fourth-order valence-corrected chi connectivity index (χ4v) is 3.77. The maximum atomic E-state index is 14.4. The van der Waals surface area contributed by atoms with Crippen LogP contribution in [-0.2, 0) is 4.74 Å². The van der Waals surface area contributed by atoms with Gasteiger partial charge in [0, 0.05) is 49.0 Å². The van der Waals surface area contributed by atoms with E-state index in [-0.39, 0.29) is 24.3 Å². The summed E-state index contributed by atoms with van der Waals surface area (Å²) in [5.41, 5.74) is 0.515. The third-order valence-electron chi connectivity index (χ3n) is 5.39. The highest BCUT2D eigenvalue weighted by molar-refractivity contribution is 5.79. The van der Waals surface area contributed by atoms with E-state index < -0.39 is 23.5 Å². The highest BCUT2D eigenvalue weighted by Gasteiger charge is 2.42. The van der Waals surface area contributed by atoms with E-state index in [0.717, 1.165) is 38.5 Å². The van der Waals surface area contributed by atoms with Crippen molar-refractivity contribution < 1.29 is 22.6 Å². The van der Waals surface area contributed by atoms with Gasteiger partial charge >= 0.3 is 0 Å². The van der Waals surface area contributed by atoms with Crippen LogP contribution in [-0.4, -0.2) is 37.9 Å². The van der Waals surface area contributed by atoms with E-state index in [2.05, 4.69) is 10.3 Å². The number of nitrogens with zero attached hydrogens (tertiary/aromatic N) is 1. The summed E-state index contributed by atoms with van der Waals surface area (Å²) in [6, 6.07) is 2.69. The van der Waals surface area contributed by atoms with Gasteiger partial charge in [-0.05, 0) is 31.7 Å². The van der Waals surface area contributed by atoms with Crippen LogP contribution in [0.2, 0.25) is 0 Å². The Hall–Kier alpha value is -1.86. The van der Waals surface area contributed by atoms with Gasteiger partial charge < -0.3 is 14.8 Å². The van der Waals surface area contributed by atoms with E-state index in [4.69, 9.17) is 9.47 Å². The normalized spacial score (nSPS) is 28.1. The molecule has 4 rings (SSSR count). The molecule has 1 aliphatic carbocycles. The van der Waals surface area contributed by atoms with E-state index in [1.165, 1.54) is 12.3 Å². The molecule has 2 unspecified atom stereocenters. The van der Waals surface area contributed by atoms with Crippen LogP contribution in [0.4, 0.5) is 13.2 Å². The largest absolute Gasteiger partial charge is 0.489 e. The molecule has 4 nitrogen and oxygen atoms in total. The number of allylic oxidation sites excluding steroid dienone is 1. The fourth-order valence-electron chi connectivity index (χ4n) is 3.77. The SMILES string of the molecule is FC1=NC=CCC1COc1c(F)cc(F)cc1C1C[C@H]1NC1CCOCC1. The van der Waals surface area contributed by atoms with Gasteiger partial charge in [-0.3, -0.25) is 0 Å². The molecule has 1 saturated carbocycles. The number of rotatable bonds is 6. The molecule has 1 aromatic carbocycles. The maximum absolute atomic E-state index is 14.4. The lowest BCUT2D eigenvalue weighted by atomic mass is 10.0. The van der Waals surface area contributed by atoms with Crippen molar-refractivity contribution in [2.75, 3.05) is 19.8 Å².